The smallest absolute Gasteiger partial charge is 0.124 e. The van der Waals surface area contributed by atoms with E-state index in [9.17, 15) is 0 Å². The van der Waals surface area contributed by atoms with Gasteiger partial charge in [0.2, 0.25) is 0 Å². The maximum Gasteiger partial charge on any atom is 0.124 e. The van der Waals surface area contributed by atoms with Gasteiger partial charge in [0.15, 0.2) is 0 Å². The molecule has 2 rings (SSSR count). The number of nitrogens with zero attached hydrogens (tertiary/aromatic N) is 1. The third kappa shape index (κ3) is 3.72. The first kappa shape index (κ1) is 13.4. The molecule has 18 heavy (non-hydrogen) atoms. The summed E-state index contributed by atoms with van der Waals surface area (Å²) in [5, 5.41) is 3.38. The van der Waals surface area contributed by atoms with Crippen LogP contribution in [-0.4, -0.2) is 37.2 Å². The van der Waals surface area contributed by atoms with Crippen molar-refractivity contribution in [2.75, 3.05) is 26.2 Å². The second-order valence-corrected chi connectivity index (χ2v) is 4.97. The molecule has 1 aromatic carbocycles. The Labute approximate surface area is 110 Å². The van der Waals surface area contributed by atoms with Gasteiger partial charge in [-0.3, -0.25) is 4.90 Å². The number of ether oxygens (including phenoxy) is 1. The minimum atomic E-state index is 0.286. The van der Waals surface area contributed by atoms with Crippen LogP contribution in [0.5, 0.6) is 5.75 Å². The third-order valence-corrected chi connectivity index (χ3v) is 3.48. The zero-order chi connectivity index (χ0) is 12.8. The molecule has 1 N–H and O–H groups in total. The molecule has 1 saturated heterocycles. The van der Waals surface area contributed by atoms with Crippen LogP contribution in [-0.2, 0) is 6.54 Å². The Hall–Kier alpha value is -1.06. The molecule has 0 saturated carbocycles. The van der Waals surface area contributed by atoms with Crippen LogP contribution in [0, 0.1) is 0 Å². The third-order valence-electron chi connectivity index (χ3n) is 3.48. The number of hydrogen-bond acceptors (Lipinski definition) is 3. The number of hydrogen-bond donors (Lipinski definition) is 1. The fourth-order valence-corrected chi connectivity index (χ4v) is 2.16. The molecule has 0 spiro atoms. The van der Waals surface area contributed by atoms with E-state index in [-0.39, 0.29) is 6.10 Å². The van der Waals surface area contributed by atoms with Gasteiger partial charge in [-0.05, 0) is 19.4 Å². The number of para-hydroxylation sites is 1. The van der Waals surface area contributed by atoms with E-state index in [0.29, 0.717) is 0 Å². The fourth-order valence-electron chi connectivity index (χ4n) is 2.16. The monoisotopic (exact) mass is 248 g/mol. The molecule has 0 aromatic heterocycles. The van der Waals surface area contributed by atoms with Crippen molar-refractivity contribution in [3.63, 3.8) is 0 Å². The Morgan fingerprint density at radius 2 is 2.00 bits per heavy atom. The molecule has 3 heteroatoms. The van der Waals surface area contributed by atoms with E-state index in [1.165, 1.54) is 5.56 Å². The van der Waals surface area contributed by atoms with E-state index >= 15 is 0 Å². The van der Waals surface area contributed by atoms with Gasteiger partial charge in [0.25, 0.3) is 0 Å². The summed E-state index contributed by atoms with van der Waals surface area (Å²) in [5.41, 5.74) is 1.31. The summed E-state index contributed by atoms with van der Waals surface area (Å²) in [7, 11) is 0. The van der Waals surface area contributed by atoms with Crippen molar-refractivity contribution in [3.8, 4) is 5.75 Å². The summed E-state index contributed by atoms with van der Waals surface area (Å²) in [6.45, 7) is 9.71. The average Bonchev–Trinajstić information content (AvgIpc) is 2.42. The minimum Gasteiger partial charge on any atom is -0.490 e. The zero-order valence-electron chi connectivity index (χ0n) is 11.5. The Balaban J connectivity index is 2.01. The molecule has 0 amide bonds. The van der Waals surface area contributed by atoms with Gasteiger partial charge in [0.05, 0.1) is 6.10 Å². The minimum absolute atomic E-state index is 0.286. The van der Waals surface area contributed by atoms with Gasteiger partial charge in [-0.15, -0.1) is 0 Å². The van der Waals surface area contributed by atoms with Gasteiger partial charge in [0, 0.05) is 38.3 Å². The summed E-state index contributed by atoms with van der Waals surface area (Å²) < 4.78 is 5.99. The van der Waals surface area contributed by atoms with Crippen LogP contribution in [0.15, 0.2) is 24.3 Å². The molecule has 3 nitrogen and oxygen atoms in total. The van der Waals surface area contributed by atoms with E-state index in [4.69, 9.17) is 4.74 Å². The van der Waals surface area contributed by atoms with Crippen molar-refractivity contribution < 1.29 is 4.74 Å². The standard InChI is InChI=1S/C15H24N2O/c1-3-13(2)18-15-7-5-4-6-14(15)12-17-10-8-16-9-11-17/h4-7,13,16H,3,8-12H2,1-2H3. The number of piperazine rings is 1. The van der Waals surface area contributed by atoms with Crippen molar-refractivity contribution in [3.05, 3.63) is 29.8 Å². The van der Waals surface area contributed by atoms with Crippen LogP contribution in [0.1, 0.15) is 25.8 Å². The largest absolute Gasteiger partial charge is 0.490 e. The van der Waals surface area contributed by atoms with E-state index in [1.807, 2.05) is 0 Å². The molecule has 1 unspecified atom stereocenters. The quantitative estimate of drug-likeness (QED) is 0.865. The molecule has 0 bridgehead atoms. The molecule has 1 aliphatic rings. The lowest BCUT2D eigenvalue weighted by molar-refractivity contribution is 0.201. The van der Waals surface area contributed by atoms with Crippen LogP contribution >= 0.6 is 0 Å². The van der Waals surface area contributed by atoms with E-state index in [2.05, 4.69) is 48.3 Å². The van der Waals surface area contributed by atoms with E-state index in [1.54, 1.807) is 0 Å². The molecule has 1 heterocycles. The van der Waals surface area contributed by atoms with Gasteiger partial charge in [-0.1, -0.05) is 25.1 Å². The first-order valence-electron chi connectivity index (χ1n) is 6.97. The molecule has 1 aliphatic heterocycles. The van der Waals surface area contributed by atoms with Crippen molar-refractivity contribution in [2.45, 2.75) is 32.9 Å². The van der Waals surface area contributed by atoms with E-state index < -0.39 is 0 Å². The number of benzene rings is 1. The van der Waals surface area contributed by atoms with Crippen LogP contribution in [0.2, 0.25) is 0 Å². The topological polar surface area (TPSA) is 24.5 Å². The number of rotatable bonds is 5. The second kappa shape index (κ2) is 6.76. The van der Waals surface area contributed by atoms with Gasteiger partial charge in [-0.2, -0.15) is 0 Å². The van der Waals surface area contributed by atoms with Crippen LogP contribution in [0.3, 0.4) is 0 Å². The molecule has 1 fully saturated rings. The average molecular weight is 248 g/mol. The Bertz CT molecular complexity index is 361. The Morgan fingerprint density at radius 1 is 1.28 bits per heavy atom. The first-order chi connectivity index (χ1) is 8.79. The normalized spacial score (nSPS) is 18.6. The zero-order valence-corrected chi connectivity index (χ0v) is 11.5. The Kier molecular flexibility index (Phi) is 5.02. The highest BCUT2D eigenvalue weighted by molar-refractivity contribution is 5.33. The van der Waals surface area contributed by atoms with Gasteiger partial charge in [0.1, 0.15) is 5.75 Å². The SMILES string of the molecule is CCC(C)Oc1ccccc1CN1CCNCC1. The van der Waals surface area contributed by atoms with Gasteiger partial charge in [-0.25, -0.2) is 0 Å². The maximum absolute atomic E-state index is 5.99. The lowest BCUT2D eigenvalue weighted by atomic mass is 10.1. The summed E-state index contributed by atoms with van der Waals surface area (Å²) in [6.07, 6.45) is 1.33. The summed E-state index contributed by atoms with van der Waals surface area (Å²) in [5.74, 6) is 1.05. The lowest BCUT2D eigenvalue weighted by Gasteiger charge is -2.28. The van der Waals surface area contributed by atoms with Crippen molar-refractivity contribution in [1.29, 1.82) is 0 Å². The predicted octanol–water partition coefficient (Wildman–Crippen LogP) is 2.27. The van der Waals surface area contributed by atoms with Crippen LogP contribution in [0.25, 0.3) is 0 Å². The van der Waals surface area contributed by atoms with Crippen LogP contribution in [0.4, 0.5) is 0 Å². The molecular formula is C15H24N2O. The molecule has 0 aliphatic carbocycles. The molecular weight excluding hydrogens is 224 g/mol. The highest BCUT2D eigenvalue weighted by Crippen LogP contribution is 2.21. The molecule has 100 valence electrons. The summed E-state index contributed by atoms with van der Waals surface area (Å²) >= 11 is 0. The number of nitrogens with one attached hydrogen (secondary N) is 1. The van der Waals surface area contributed by atoms with Crippen molar-refractivity contribution in [2.24, 2.45) is 0 Å². The highest BCUT2D eigenvalue weighted by Gasteiger charge is 2.13. The first-order valence-corrected chi connectivity index (χ1v) is 6.97. The maximum atomic E-state index is 5.99. The fraction of sp³-hybridized carbons (Fsp3) is 0.600. The summed E-state index contributed by atoms with van der Waals surface area (Å²) in [6, 6.07) is 8.42. The van der Waals surface area contributed by atoms with Gasteiger partial charge >= 0.3 is 0 Å². The van der Waals surface area contributed by atoms with Crippen molar-refractivity contribution >= 4 is 0 Å². The Morgan fingerprint density at radius 3 is 2.72 bits per heavy atom. The highest BCUT2D eigenvalue weighted by atomic mass is 16.5. The molecule has 1 atom stereocenters. The molecule has 0 radical (unpaired) electrons. The van der Waals surface area contributed by atoms with Crippen molar-refractivity contribution in [1.82, 2.24) is 10.2 Å². The van der Waals surface area contributed by atoms with Crippen LogP contribution < -0.4 is 10.1 Å². The predicted molar refractivity (Wildman–Crippen MR) is 75.0 cm³/mol. The lowest BCUT2D eigenvalue weighted by Crippen LogP contribution is -2.42. The van der Waals surface area contributed by atoms with E-state index in [0.717, 1.165) is 44.9 Å². The summed E-state index contributed by atoms with van der Waals surface area (Å²) in [4.78, 5) is 2.48. The molecule has 1 aromatic rings. The van der Waals surface area contributed by atoms with Gasteiger partial charge < -0.3 is 10.1 Å². The second-order valence-electron chi connectivity index (χ2n) is 4.97.